The van der Waals surface area contributed by atoms with Crippen molar-refractivity contribution in [3.05, 3.63) is 53.2 Å². The molecule has 1 aliphatic heterocycles. The van der Waals surface area contributed by atoms with Gasteiger partial charge in [0, 0.05) is 24.1 Å². The fourth-order valence-electron chi connectivity index (χ4n) is 2.86. The molecule has 2 rings (SSSR count). The molecule has 1 unspecified atom stereocenters. The van der Waals surface area contributed by atoms with Crippen molar-refractivity contribution in [3.63, 3.8) is 0 Å². The third-order valence-electron chi connectivity index (χ3n) is 3.87. The van der Waals surface area contributed by atoms with Gasteiger partial charge in [0.2, 0.25) is 0 Å². The minimum atomic E-state index is -0.378. The van der Waals surface area contributed by atoms with Crippen LogP contribution >= 0.6 is 11.6 Å². The number of nitrogens with one attached hydrogen (secondary N) is 1. The largest absolute Gasteiger partial charge is 0.489 e. The van der Waals surface area contributed by atoms with Gasteiger partial charge in [-0.15, -0.1) is 0 Å². The average molecular weight is 336 g/mol. The summed E-state index contributed by atoms with van der Waals surface area (Å²) in [6.07, 6.45) is 8.20. The van der Waals surface area contributed by atoms with E-state index >= 15 is 0 Å². The quantitative estimate of drug-likeness (QED) is 0.833. The van der Waals surface area contributed by atoms with E-state index in [0.717, 1.165) is 12.0 Å². The predicted octanol–water partition coefficient (Wildman–Crippen LogP) is 3.64. The molecule has 1 aliphatic rings. The fourth-order valence-corrected chi connectivity index (χ4v) is 3.19. The number of hydrogen-bond donors (Lipinski definition) is 2. The Morgan fingerprint density at radius 1 is 1.39 bits per heavy atom. The first kappa shape index (κ1) is 17.8. The van der Waals surface area contributed by atoms with E-state index in [-0.39, 0.29) is 11.1 Å². The van der Waals surface area contributed by atoms with Gasteiger partial charge in [-0.2, -0.15) is 0 Å². The molecule has 0 saturated carbocycles. The molecule has 0 bridgehead atoms. The van der Waals surface area contributed by atoms with Crippen molar-refractivity contribution in [1.82, 2.24) is 10.3 Å². The van der Waals surface area contributed by atoms with Gasteiger partial charge in [0.1, 0.15) is 6.61 Å². The second kappa shape index (κ2) is 6.93. The molecule has 23 heavy (non-hydrogen) atoms. The van der Waals surface area contributed by atoms with Gasteiger partial charge in [-0.3, -0.25) is 4.98 Å². The standard InChI is InChI=1S/C18H26ClN3O/c1-13(2)9-17(3,20)12-23-16-11-22-18(4,10-15(16)19)14-5-7-21-8-6-14/h5-8,10-11,13,22H,9,12,20H2,1-4H3/t17-,18?/m0/s1. The normalized spacial score (nSPS) is 23.6. The summed E-state index contributed by atoms with van der Waals surface area (Å²) >= 11 is 6.42. The van der Waals surface area contributed by atoms with E-state index in [2.05, 4.69) is 31.1 Å². The van der Waals surface area contributed by atoms with Gasteiger partial charge >= 0.3 is 0 Å². The van der Waals surface area contributed by atoms with Gasteiger partial charge < -0.3 is 15.8 Å². The van der Waals surface area contributed by atoms with E-state index in [1.165, 1.54) is 0 Å². The Kier molecular flexibility index (Phi) is 5.37. The van der Waals surface area contributed by atoms with Gasteiger partial charge in [0.05, 0.1) is 10.6 Å². The molecule has 2 heterocycles. The topological polar surface area (TPSA) is 60.2 Å². The molecule has 0 fully saturated rings. The summed E-state index contributed by atoms with van der Waals surface area (Å²) < 4.78 is 5.85. The molecule has 0 spiro atoms. The Balaban J connectivity index is 2.04. The third-order valence-corrected chi connectivity index (χ3v) is 4.16. The van der Waals surface area contributed by atoms with Crippen LogP contribution in [0.1, 0.15) is 39.7 Å². The maximum Gasteiger partial charge on any atom is 0.153 e. The highest BCUT2D eigenvalue weighted by atomic mass is 35.5. The van der Waals surface area contributed by atoms with Crippen LogP contribution in [0.4, 0.5) is 0 Å². The number of ether oxygens (including phenoxy) is 1. The van der Waals surface area contributed by atoms with Crippen molar-refractivity contribution < 1.29 is 4.74 Å². The second-order valence-corrected chi connectivity index (χ2v) is 7.53. The first-order chi connectivity index (χ1) is 10.7. The molecular formula is C18H26ClN3O. The molecule has 0 saturated heterocycles. The van der Waals surface area contributed by atoms with Gasteiger partial charge in [0.25, 0.3) is 0 Å². The van der Waals surface area contributed by atoms with E-state index < -0.39 is 0 Å². The van der Waals surface area contributed by atoms with Crippen LogP contribution in [-0.4, -0.2) is 17.1 Å². The van der Waals surface area contributed by atoms with Crippen molar-refractivity contribution in [2.45, 2.75) is 45.2 Å². The van der Waals surface area contributed by atoms with Crippen molar-refractivity contribution in [2.24, 2.45) is 11.7 Å². The smallest absolute Gasteiger partial charge is 0.153 e. The summed E-state index contributed by atoms with van der Waals surface area (Å²) in [5.41, 5.74) is 6.61. The number of pyridine rings is 1. The van der Waals surface area contributed by atoms with Crippen LogP contribution in [-0.2, 0) is 10.3 Å². The van der Waals surface area contributed by atoms with Crippen LogP contribution in [0.25, 0.3) is 0 Å². The number of rotatable bonds is 6. The van der Waals surface area contributed by atoms with Crippen molar-refractivity contribution in [2.75, 3.05) is 6.61 Å². The summed E-state index contributed by atoms with van der Waals surface area (Å²) in [6.45, 7) is 8.79. The molecule has 126 valence electrons. The fraction of sp³-hybridized carbons (Fsp3) is 0.500. The number of allylic oxidation sites excluding steroid dienone is 1. The van der Waals surface area contributed by atoms with Crippen LogP contribution in [0.5, 0.6) is 0 Å². The average Bonchev–Trinajstić information content (AvgIpc) is 2.46. The van der Waals surface area contributed by atoms with Crippen LogP contribution in [0, 0.1) is 5.92 Å². The Hall–Kier alpha value is -1.52. The predicted molar refractivity (Wildman–Crippen MR) is 94.7 cm³/mol. The number of halogens is 1. The zero-order chi connectivity index (χ0) is 17.1. The number of nitrogens with zero attached hydrogens (tertiary/aromatic N) is 1. The lowest BCUT2D eigenvalue weighted by atomic mass is 9.90. The summed E-state index contributed by atoms with van der Waals surface area (Å²) in [7, 11) is 0. The molecule has 2 atom stereocenters. The van der Waals surface area contributed by atoms with E-state index in [1.54, 1.807) is 12.4 Å². The highest BCUT2D eigenvalue weighted by molar-refractivity contribution is 6.31. The van der Waals surface area contributed by atoms with Gasteiger partial charge in [-0.05, 0) is 50.0 Å². The van der Waals surface area contributed by atoms with Crippen LogP contribution in [0.2, 0.25) is 0 Å². The summed E-state index contributed by atoms with van der Waals surface area (Å²) in [4.78, 5) is 4.05. The lowest BCUT2D eigenvalue weighted by Crippen LogP contribution is -2.43. The van der Waals surface area contributed by atoms with Crippen LogP contribution in [0.3, 0.4) is 0 Å². The lowest BCUT2D eigenvalue weighted by molar-refractivity contribution is 0.143. The molecule has 0 aromatic carbocycles. The monoisotopic (exact) mass is 335 g/mol. The first-order valence-electron chi connectivity index (χ1n) is 7.91. The van der Waals surface area contributed by atoms with Gasteiger partial charge in [-0.1, -0.05) is 25.4 Å². The third kappa shape index (κ3) is 4.72. The highest BCUT2D eigenvalue weighted by Gasteiger charge is 2.29. The number of nitrogens with two attached hydrogens (primary N) is 1. The van der Waals surface area contributed by atoms with E-state index in [1.807, 2.05) is 31.3 Å². The molecular weight excluding hydrogens is 310 g/mol. The van der Waals surface area contributed by atoms with E-state index in [0.29, 0.717) is 23.3 Å². The maximum atomic E-state index is 6.42. The first-order valence-corrected chi connectivity index (χ1v) is 8.28. The van der Waals surface area contributed by atoms with Crippen LogP contribution < -0.4 is 11.1 Å². The highest BCUT2D eigenvalue weighted by Crippen LogP contribution is 2.32. The van der Waals surface area contributed by atoms with Crippen molar-refractivity contribution in [1.29, 1.82) is 0 Å². The lowest BCUT2D eigenvalue weighted by Gasteiger charge is -2.33. The molecule has 0 amide bonds. The number of dihydropyridines is 1. The Morgan fingerprint density at radius 3 is 2.61 bits per heavy atom. The molecule has 5 heteroatoms. The molecule has 1 aromatic rings. The molecule has 0 radical (unpaired) electrons. The summed E-state index contributed by atoms with van der Waals surface area (Å²) in [6, 6.07) is 3.93. The van der Waals surface area contributed by atoms with E-state index in [9.17, 15) is 0 Å². The zero-order valence-corrected chi connectivity index (χ0v) is 15.0. The molecule has 3 N–H and O–H groups in total. The summed E-state index contributed by atoms with van der Waals surface area (Å²) in [5, 5.41) is 3.94. The zero-order valence-electron chi connectivity index (χ0n) is 14.3. The Morgan fingerprint density at radius 2 is 2.04 bits per heavy atom. The Labute approximate surface area is 143 Å². The van der Waals surface area contributed by atoms with Crippen molar-refractivity contribution >= 4 is 11.6 Å². The summed E-state index contributed by atoms with van der Waals surface area (Å²) in [5.74, 6) is 1.15. The minimum Gasteiger partial charge on any atom is -0.489 e. The number of aromatic nitrogens is 1. The SMILES string of the molecule is CC(C)C[C@](C)(N)COC1=CNC(C)(c2ccncc2)C=C1Cl. The number of hydrogen-bond acceptors (Lipinski definition) is 4. The van der Waals surface area contributed by atoms with E-state index in [4.69, 9.17) is 22.1 Å². The van der Waals surface area contributed by atoms with Crippen LogP contribution in [0.15, 0.2) is 47.6 Å². The maximum absolute atomic E-state index is 6.42. The van der Waals surface area contributed by atoms with Gasteiger partial charge in [-0.25, -0.2) is 0 Å². The molecule has 0 aliphatic carbocycles. The minimum absolute atomic E-state index is 0.377. The Bertz CT molecular complexity index is 596. The van der Waals surface area contributed by atoms with Gasteiger partial charge in [0.15, 0.2) is 5.76 Å². The molecule has 4 nitrogen and oxygen atoms in total. The van der Waals surface area contributed by atoms with Crippen molar-refractivity contribution in [3.8, 4) is 0 Å². The molecule has 1 aromatic heterocycles. The second-order valence-electron chi connectivity index (χ2n) is 7.12.